The van der Waals surface area contributed by atoms with Crippen LogP contribution in [0.4, 0.5) is 0 Å². The molecule has 17 heavy (non-hydrogen) atoms. The van der Waals surface area contributed by atoms with E-state index in [1.807, 2.05) is 42.7 Å². The number of nitrogens with one attached hydrogen (secondary N) is 1. The molecule has 0 aromatic heterocycles. The monoisotopic (exact) mass is 271 g/mol. The Morgan fingerprint density at radius 1 is 1.12 bits per heavy atom. The minimum atomic E-state index is 0.174. The van der Waals surface area contributed by atoms with Crippen LogP contribution in [0.3, 0.4) is 0 Å². The molecule has 2 nitrogen and oxygen atoms in total. The largest absolute Gasteiger partial charge is 0.356 e. The average molecular weight is 271 g/mol. The maximum absolute atomic E-state index is 10.9. The van der Waals surface area contributed by atoms with E-state index in [2.05, 4.69) is 12.2 Å². The molecule has 0 spiro atoms. The predicted molar refractivity (Wildman–Crippen MR) is 80.3 cm³/mol. The van der Waals surface area contributed by atoms with Gasteiger partial charge in [0.2, 0.25) is 5.91 Å². The second-order valence-electron chi connectivity index (χ2n) is 3.24. The Bertz CT molecular complexity index is 241. The normalized spacial score (nSPS) is 9.06. The van der Waals surface area contributed by atoms with Gasteiger partial charge in [0.1, 0.15) is 0 Å². The number of rotatable bonds is 6. The molecule has 0 aliphatic rings. The van der Waals surface area contributed by atoms with E-state index in [-0.39, 0.29) is 5.91 Å². The lowest BCUT2D eigenvalue weighted by molar-refractivity contribution is -0.120. The van der Waals surface area contributed by atoms with Crippen LogP contribution in [0.1, 0.15) is 19.8 Å². The van der Waals surface area contributed by atoms with Gasteiger partial charge in [-0.25, -0.2) is 0 Å². The van der Waals surface area contributed by atoms with Crippen molar-refractivity contribution >= 4 is 27.5 Å². The number of hydrogen-bond donors (Lipinski definition) is 1. The lowest BCUT2D eigenvalue weighted by Crippen LogP contribution is -2.23. The Kier molecular flexibility index (Phi) is 13.0. The molecule has 0 radical (unpaired) electrons. The van der Waals surface area contributed by atoms with Gasteiger partial charge in [-0.1, -0.05) is 64.9 Å². The van der Waals surface area contributed by atoms with Gasteiger partial charge in [0.25, 0.3) is 0 Å². The van der Waals surface area contributed by atoms with Crippen LogP contribution in [0.5, 0.6) is 0 Å². The maximum Gasteiger partial charge on any atom is 0.220 e. The summed E-state index contributed by atoms with van der Waals surface area (Å²) >= 11 is 0. The third kappa shape index (κ3) is 13.3. The molecule has 96 valence electrons. The van der Waals surface area contributed by atoms with Crippen molar-refractivity contribution < 1.29 is 4.79 Å². The summed E-state index contributed by atoms with van der Waals surface area (Å²) in [4.78, 5) is 10.9. The Hall–Kier alpha value is -0.610. The molecular weight excluding hydrogens is 250 g/mol. The minimum Gasteiger partial charge on any atom is -0.356 e. The zero-order chi connectivity index (χ0) is 12.8. The molecule has 0 saturated carbocycles. The predicted octanol–water partition coefficient (Wildman–Crippen LogP) is 3.60. The Morgan fingerprint density at radius 2 is 1.65 bits per heavy atom. The van der Waals surface area contributed by atoms with Crippen molar-refractivity contribution in [2.24, 2.45) is 0 Å². The SMILES string of the molecule is CCCNC(=O)CCSSC.c1ccccc1. The van der Waals surface area contributed by atoms with E-state index in [4.69, 9.17) is 0 Å². The molecular formula is C13H21NOS2. The second-order valence-corrected chi connectivity index (χ2v) is 5.93. The average Bonchev–Trinajstić information content (AvgIpc) is 2.39. The van der Waals surface area contributed by atoms with E-state index in [1.54, 1.807) is 21.6 Å². The van der Waals surface area contributed by atoms with E-state index in [9.17, 15) is 4.79 Å². The van der Waals surface area contributed by atoms with Crippen molar-refractivity contribution in [2.75, 3.05) is 18.6 Å². The topological polar surface area (TPSA) is 29.1 Å². The molecule has 0 unspecified atom stereocenters. The fourth-order valence-electron chi connectivity index (χ4n) is 0.955. The van der Waals surface area contributed by atoms with Crippen LogP contribution in [-0.4, -0.2) is 24.5 Å². The molecule has 0 aliphatic heterocycles. The highest BCUT2D eigenvalue weighted by molar-refractivity contribution is 8.76. The van der Waals surface area contributed by atoms with Crippen molar-refractivity contribution in [3.05, 3.63) is 36.4 Å². The molecule has 1 N–H and O–H groups in total. The van der Waals surface area contributed by atoms with Gasteiger partial charge in [0.05, 0.1) is 0 Å². The van der Waals surface area contributed by atoms with E-state index in [0.29, 0.717) is 6.42 Å². The lowest BCUT2D eigenvalue weighted by atomic mass is 10.4. The van der Waals surface area contributed by atoms with Crippen molar-refractivity contribution in [2.45, 2.75) is 19.8 Å². The highest BCUT2D eigenvalue weighted by atomic mass is 33.1. The van der Waals surface area contributed by atoms with Crippen LogP contribution < -0.4 is 5.32 Å². The van der Waals surface area contributed by atoms with Crippen LogP contribution >= 0.6 is 21.6 Å². The van der Waals surface area contributed by atoms with E-state index >= 15 is 0 Å². The first-order valence-electron chi connectivity index (χ1n) is 5.73. The van der Waals surface area contributed by atoms with Crippen LogP contribution in [0.15, 0.2) is 36.4 Å². The molecule has 0 aliphatic carbocycles. The summed E-state index contributed by atoms with van der Waals surface area (Å²) < 4.78 is 0. The van der Waals surface area contributed by atoms with Gasteiger partial charge in [-0.3, -0.25) is 4.79 Å². The van der Waals surface area contributed by atoms with Crippen LogP contribution in [0.25, 0.3) is 0 Å². The van der Waals surface area contributed by atoms with Crippen molar-refractivity contribution in [1.82, 2.24) is 5.32 Å². The van der Waals surface area contributed by atoms with Crippen molar-refractivity contribution in [3.63, 3.8) is 0 Å². The van der Waals surface area contributed by atoms with Gasteiger partial charge in [-0.15, -0.1) is 0 Å². The van der Waals surface area contributed by atoms with Crippen LogP contribution in [0, 0.1) is 0 Å². The van der Waals surface area contributed by atoms with E-state index in [0.717, 1.165) is 18.7 Å². The number of benzene rings is 1. The molecule has 1 amide bonds. The summed E-state index contributed by atoms with van der Waals surface area (Å²) in [5, 5.41) is 2.83. The van der Waals surface area contributed by atoms with Crippen LogP contribution in [0.2, 0.25) is 0 Å². The molecule has 1 rings (SSSR count). The quantitative estimate of drug-likeness (QED) is 0.633. The van der Waals surface area contributed by atoms with E-state index < -0.39 is 0 Å². The number of carbonyl (C=O) groups is 1. The Morgan fingerprint density at radius 3 is 2.06 bits per heavy atom. The standard InChI is InChI=1S/C7H15NOS2.C6H6/c1-3-5-8-7(9)4-6-11-10-2;1-2-4-6-5-3-1/h3-6H2,1-2H3,(H,8,9);1-6H. The molecule has 1 aromatic carbocycles. The first-order valence-corrected chi connectivity index (χ1v) is 8.46. The molecule has 1 aromatic rings. The number of hydrogen-bond acceptors (Lipinski definition) is 3. The Labute approximate surface area is 112 Å². The highest BCUT2D eigenvalue weighted by Gasteiger charge is 1.97. The molecule has 0 heterocycles. The highest BCUT2D eigenvalue weighted by Crippen LogP contribution is 2.16. The van der Waals surface area contributed by atoms with Gasteiger partial charge in [-0.2, -0.15) is 0 Å². The summed E-state index contributed by atoms with van der Waals surface area (Å²) in [5.74, 6) is 1.09. The van der Waals surface area contributed by atoms with Crippen molar-refractivity contribution in [3.8, 4) is 0 Å². The summed E-state index contributed by atoms with van der Waals surface area (Å²) in [7, 11) is 3.43. The summed E-state index contributed by atoms with van der Waals surface area (Å²) in [6.07, 6.45) is 3.68. The first-order chi connectivity index (χ1) is 8.31. The third-order valence-electron chi connectivity index (χ3n) is 1.77. The van der Waals surface area contributed by atoms with Gasteiger partial charge in [0, 0.05) is 18.7 Å². The molecule has 0 atom stereocenters. The molecule has 0 fully saturated rings. The fraction of sp³-hybridized carbons (Fsp3) is 0.462. The summed E-state index contributed by atoms with van der Waals surface area (Å²) in [5.41, 5.74) is 0. The van der Waals surface area contributed by atoms with Crippen molar-refractivity contribution in [1.29, 1.82) is 0 Å². The van der Waals surface area contributed by atoms with E-state index in [1.165, 1.54) is 0 Å². The third-order valence-corrected chi connectivity index (χ3v) is 3.58. The zero-order valence-corrected chi connectivity index (χ0v) is 12.2. The van der Waals surface area contributed by atoms with Gasteiger partial charge in [0.15, 0.2) is 0 Å². The van der Waals surface area contributed by atoms with Gasteiger partial charge >= 0.3 is 0 Å². The summed E-state index contributed by atoms with van der Waals surface area (Å²) in [6, 6.07) is 12.0. The second kappa shape index (κ2) is 13.5. The van der Waals surface area contributed by atoms with Gasteiger partial charge < -0.3 is 5.32 Å². The maximum atomic E-state index is 10.9. The molecule has 0 saturated heterocycles. The minimum absolute atomic E-state index is 0.174. The fourth-order valence-corrected chi connectivity index (χ4v) is 2.14. The molecule has 4 heteroatoms. The Balaban J connectivity index is 0.000000354. The zero-order valence-electron chi connectivity index (χ0n) is 10.5. The smallest absolute Gasteiger partial charge is 0.220 e. The number of carbonyl (C=O) groups excluding carboxylic acids is 1. The lowest BCUT2D eigenvalue weighted by Gasteiger charge is -2.01. The van der Waals surface area contributed by atoms with Gasteiger partial charge in [-0.05, 0) is 12.7 Å². The molecule has 0 bridgehead atoms. The van der Waals surface area contributed by atoms with Crippen LogP contribution in [-0.2, 0) is 4.79 Å². The summed E-state index contributed by atoms with van der Waals surface area (Å²) in [6.45, 7) is 2.86. The first kappa shape index (κ1) is 16.4. The number of amides is 1.